The first-order chi connectivity index (χ1) is 7.34. The van der Waals surface area contributed by atoms with Crippen LogP contribution in [0, 0.1) is 18.6 Å². The van der Waals surface area contributed by atoms with Crippen molar-refractivity contribution in [1.29, 1.82) is 0 Å². The molecule has 0 aliphatic rings. The first-order valence-electron chi connectivity index (χ1n) is 4.46. The lowest BCUT2D eigenvalue weighted by molar-refractivity contribution is -0.141. The number of carboxylic acid groups (broad SMARTS) is 1. The lowest BCUT2D eigenvalue weighted by atomic mass is 10.0. The maximum Gasteiger partial charge on any atom is 0.323 e. The van der Waals surface area contributed by atoms with Crippen molar-refractivity contribution in [2.75, 3.05) is 0 Å². The number of carboxylic acids is 1. The van der Waals surface area contributed by atoms with Gasteiger partial charge in [-0.15, -0.1) is 0 Å². The quantitative estimate of drug-likeness (QED) is 0.715. The van der Waals surface area contributed by atoms with E-state index >= 15 is 0 Å². The van der Waals surface area contributed by atoms with Crippen LogP contribution >= 0.6 is 0 Å². The Morgan fingerprint density at radius 2 is 1.81 bits per heavy atom. The van der Waals surface area contributed by atoms with Gasteiger partial charge in [0.15, 0.2) is 0 Å². The molecule has 1 aromatic rings. The molecule has 0 heterocycles. The topological polar surface area (TPSA) is 83.5 Å². The zero-order valence-corrected chi connectivity index (χ0v) is 8.45. The maximum atomic E-state index is 13.3. The number of aliphatic carboxylic acids is 1. The van der Waals surface area contributed by atoms with Crippen LogP contribution in [-0.4, -0.2) is 22.2 Å². The van der Waals surface area contributed by atoms with Crippen molar-refractivity contribution in [2.45, 2.75) is 19.1 Å². The van der Waals surface area contributed by atoms with E-state index in [9.17, 15) is 18.7 Å². The first kappa shape index (κ1) is 12.5. The number of aryl methyl sites for hydroxylation is 1. The van der Waals surface area contributed by atoms with E-state index in [1.165, 1.54) is 6.92 Å². The fourth-order valence-corrected chi connectivity index (χ4v) is 1.31. The van der Waals surface area contributed by atoms with Crippen molar-refractivity contribution in [2.24, 2.45) is 5.73 Å². The van der Waals surface area contributed by atoms with E-state index in [2.05, 4.69) is 0 Å². The molecule has 2 atom stereocenters. The summed E-state index contributed by atoms with van der Waals surface area (Å²) in [7, 11) is 0. The number of carbonyl (C=O) groups is 1. The van der Waals surface area contributed by atoms with Gasteiger partial charge in [0.1, 0.15) is 23.8 Å². The van der Waals surface area contributed by atoms with Gasteiger partial charge in [-0.2, -0.15) is 0 Å². The molecule has 0 aliphatic carbocycles. The van der Waals surface area contributed by atoms with E-state index in [1.54, 1.807) is 0 Å². The molecule has 2 unspecified atom stereocenters. The molecule has 0 aliphatic heterocycles. The number of hydrogen-bond acceptors (Lipinski definition) is 3. The molecule has 0 aromatic heterocycles. The molecular weight excluding hydrogens is 220 g/mol. The maximum absolute atomic E-state index is 13.3. The standard InChI is InChI=1S/C10H11F2NO3/c1-4-2-5(11)7(6(12)3-4)9(14)8(13)10(15)16/h2-3,8-9,14H,13H2,1H3,(H,15,16). The van der Waals surface area contributed by atoms with Gasteiger partial charge >= 0.3 is 5.97 Å². The molecular formula is C10H11F2NO3. The Bertz CT molecular complexity index is 400. The van der Waals surface area contributed by atoms with E-state index in [4.69, 9.17) is 10.8 Å². The van der Waals surface area contributed by atoms with Crippen molar-refractivity contribution >= 4 is 5.97 Å². The molecule has 0 radical (unpaired) electrons. The second-order valence-corrected chi connectivity index (χ2v) is 3.45. The Balaban J connectivity index is 3.18. The number of rotatable bonds is 3. The fraction of sp³-hybridized carbons (Fsp3) is 0.300. The zero-order valence-electron chi connectivity index (χ0n) is 8.45. The second-order valence-electron chi connectivity index (χ2n) is 3.45. The molecule has 0 bridgehead atoms. The summed E-state index contributed by atoms with van der Waals surface area (Å²) in [4.78, 5) is 10.5. The van der Waals surface area contributed by atoms with Gasteiger partial charge in [-0.3, -0.25) is 4.79 Å². The second kappa shape index (κ2) is 4.54. The Hall–Kier alpha value is -1.53. The van der Waals surface area contributed by atoms with Crippen LogP contribution in [-0.2, 0) is 4.79 Å². The molecule has 6 heteroatoms. The van der Waals surface area contributed by atoms with Crippen LogP contribution in [0.25, 0.3) is 0 Å². The molecule has 4 N–H and O–H groups in total. The lowest BCUT2D eigenvalue weighted by Gasteiger charge is -2.16. The molecule has 0 fully saturated rings. The van der Waals surface area contributed by atoms with Crippen LogP contribution in [0.15, 0.2) is 12.1 Å². The number of hydrogen-bond donors (Lipinski definition) is 3. The third-order valence-electron chi connectivity index (χ3n) is 2.14. The number of aliphatic hydroxyl groups excluding tert-OH is 1. The van der Waals surface area contributed by atoms with Gasteiger partial charge in [-0.05, 0) is 24.6 Å². The van der Waals surface area contributed by atoms with E-state index in [0.717, 1.165) is 12.1 Å². The van der Waals surface area contributed by atoms with E-state index < -0.39 is 35.3 Å². The predicted octanol–water partition coefficient (Wildman–Crippen LogP) is 0.719. The minimum Gasteiger partial charge on any atom is -0.480 e. The third kappa shape index (κ3) is 2.34. The fourth-order valence-electron chi connectivity index (χ4n) is 1.31. The highest BCUT2D eigenvalue weighted by atomic mass is 19.1. The highest BCUT2D eigenvalue weighted by Crippen LogP contribution is 2.24. The van der Waals surface area contributed by atoms with Gasteiger partial charge < -0.3 is 15.9 Å². The van der Waals surface area contributed by atoms with Gasteiger partial charge in [0, 0.05) is 0 Å². The van der Waals surface area contributed by atoms with Gasteiger partial charge in [-0.25, -0.2) is 8.78 Å². The minimum atomic E-state index is -1.92. The number of halogens is 2. The molecule has 16 heavy (non-hydrogen) atoms. The largest absolute Gasteiger partial charge is 0.480 e. The highest BCUT2D eigenvalue weighted by Gasteiger charge is 2.28. The monoisotopic (exact) mass is 231 g/mol. The van der Waals surface area contributed by atoms with Crippen LogP contribution < -0.4 is 5.73 Å². The van der Waals surface area contributed by atoms with E-state index in [-0.39, 0.29) is 0 Å². The van der Waals surface area contributed by atoms with Crippen molar-refractivity contribution in [3.05, 3.63) is 34.9 Å². The number of benzene rings is 1. The summed E-state index contributed by atoms with van der Waals surface area (Å²) in [5.74, 6) is -3.56. The summed E-state index contributed by atoms with van der Waals surface area (Å²) in [6, 6.07) is 0.221. The summed E-state index contributed by atoms with van der Waals surface area (Å²) in [5.41, 5.74) is 4.69. The third-order valence-corrected chi connectivity index (χ3v) is 2.14. The molecule has 0 spiro atoms. The first-order valence-corrected chi connectivity index (χ1v) is 4.46. The van der Waals surface area contributed by atoms with Gasteiger partial charge in [-0.1, -0.05) is 0 Å². The Morgan fingerprint density at radius 1 is 1.38 bits per heavy atom. The van der Waals surface area contributed by atoms with Crippen LogP contribution in [0.1, 0.15) is 17.2 Å². The molecule has 0 amide bonds. The van der Waals surface area contributed by atoms with Crippen molar-refractivity contribution in [3.63, 3.8) is 0 Å². The van der Waals surface area contributed by atoms with Crippen molar-refractivity contribution in [1.82, 2.24) is 0 Å². The van der Waals surface area contributed by atoms with Crippen LogP contribution in [0.5, 0.6) is 0 Å². The Kier molecular flexibility index (Phi) is 3.56. The molecule has 4 nitrogen and oxygen atoms in total. The summed E-state index contributed by atoms with van der Waals surface area (Å²) < 4.78 is 26.7. The molecule has 0 saturated heterocycles. The van der Waals surface area contributed by atoms with Crippen molar-refractivity contribution in [3.8, 4) is 0 Å². The average molecular weight is 231 g/mol. The summed E-state index contributed by atoms with van der Waals surface area (Å²) >= 11 is 0. The Labute approximate surface area is 90.3 Å². The SMILES string of the molecule is Cc1cc(F)c(C(O)C(N)C(=O)O)c(F)c1. The smallest absolute Gasteiger partial charge is 0.323 e. The zero-order chi connectivity index (χ0) is 12.5. The van der Waals surface area contributed by atoms with E-state index in [1.807, 2.05) is 0 Å². The van der Waals surface area contributed by atoms with Crippen LogP contribution in [0.3, 0.4) is 0 Å². The Morgan fingerprint density at radius 3 is 2.19 bits per heavy atom. The highest BCUT2D eigenvalue weighted by molar-refractivity contribution is 5.74. The summed E-state index contributed by atoms with van der Waals surface area (Å²) in [5, 5.41) is 17.9. The van der Waals surface area contributed by atoms with Crippen LogP contribution in [0.4, 0.5) is 8.78 Å². The minimum absolute atomic E-state index is 0.329. The van der Waals surface area contributed by atoms with Crippen molar-refractivity contribution < 1.29 is 23.8 Å². The average Bonchev–Trinajstić information content (AvgIpc) is 2.14. The molecule has 1 rings (SSSR count). The molecule has 0 saturated carbocycles. The predicted molar refractivity (Wildman–Crippen MR) is 51.7 cm³/mol. The number of aliphatic hydroxyl groups is 1. The van der Waals surface area contributed by atoms with Gasteiger partial charge in [0.2, 0.25) is 0 Å². The van der Waals surface area contributed by atoms with Gasteiger partial charge in [0.25, 0.3) is 0 Å². The molecule has 88 valence electrons. The normalized spacial score (nSPS) is 14.6. The summed E-state index contributed by atoms with van der Waals surface area (Å²) in [6.45, 7) is 1.47. The summed E-state index contributed by atoms with van der Waals surface area (Å²) in [6.07, 6.45) is -1.92. The van der Waals surface area contributed by atoms with Crippen LogP contribution in [0.2, 0.25) is 0 Å². The molecule has 1 aromatic carbocycles. The van der Waals surface area contributed by atoms with Gasteiger partial charge in [0.05, 0.1) is 5.56 Å². The number of nitrogens with two attached hydrogens (primary N) is 1. The lowest BCUT2D eigenvalue weighted by Crippen LogP contribution is -2.37. The van der Waals surface area contributed by atoms with E-state index in [0.29, 0.717) is 5.56 Å².